The first-order chi connectivity index (χ1) is 16.9. The van der Waals surface area contributed by atoms with Gasteiger partial charge >= 0.3 is 13.3 Å². The summed E-state index contributed by atoms with van der Waals surface area (Å²) in [4.78, 5) is 68.2. The summed E-state index contributed by atoms with van der Waals surface area (Å²) in [6.45, 7) is 1.49. The number of hydrogen-bond acceptors (Lipinski definition) is 8. The number of carbonyl (C=O) groups excluding carboxylic acids is 2. The second-order valence-corrected chi connectivity index (χ2v) is 10.0. The van der Waals surface area contributed by atoms with Gasteiger partial charge in [-0.05, 0) is 31.0 Å². The Bertz CT molecular complexity index is 1270. The molecule has 2 amide bonds. The SMILES string of the molecule is Cc1cn([C@@H]2O[C@H](C(=O)NCCCC(=O)Nc3ccc(CP(=O)(O)O)cc3)[C@@H](O)[C@@H]2O)c(=O)[nH]c1=O. The van der Waals surface area contributed by atoms with Crippen LogP contribution >= 0.6 is 7.60 Å². The zero-order valence-corrected chi connectivity index (χ0v) is 20.1. The molecule has 1 aliphatic heterocycles. The number of aryl methyl sites for hydroxylation is 1. The number of nitrogens with one attached hydrogen (secondary N) is 3. The molecule has 0 spiro atoms. The Morgan fingerprint density at radius 2 is 1.81 bits per heavy atom. The third-order valence-electron chi connectivity index (χ3n) is 5.42. The highest BCUT2D eigenvalue weighted by atomic mass is 31.2. The van der Waals surface area contributed by atoms with E-state index in [9.17, 15) is 34.0 Å². The van der Waals surface area contributed by atoms with Crippen molar-refractivity contribution in [3.05, 3.63) is 62.4 Å². The number of aliphatic hydroxyl groups is 2. The first-order valence-corrected chi connectivity index (χ1v) is 12.7. The number of aromatic amines is 1. The van der Waals surface area contributed by atoms with Gasteiger partial charge in [0.05, 0.1) is 6.16 Å². The average Bonchev–Trinajstić information content (AvgIpc) is 3.08. The van der Waals surface area contributed by atoms with E-state index in [1.807, 2.05) is 0 Å². The van der Waals surface area contributed by atoms with Crippen LogP contribution < -0.4 is 21.9 Å². The van der Waals surface area contributed by atoms with E-state index in [0.29, 0.717) is 11.3 Å². The van der Waals surface area contributed by atoms with Crippen LogP contribution in [0.2, 0.25) is 0 Å². The Labute approximate surface area is 204 Å². The van der Waals surface area contributed by atoms with Gasteiger partial charge in [0.15, 0.2) is 12.3 Å². The fraction of sp³-hybridized carbons (Fsp3) is 0.429. The number of H-pyrrole nitrogens is 1. The lowest BCUT2D eigenvalue weighted by Gasteiger charge is -2.17. The lowest BCUT2D eigenvalue weighted by atomic mass is 10.1. The van der Waals surface area contributed by atoms with Crippen LogP contribution in [0.1, 0.15) is 30.2 Å². The summed E-state index contributed by atoms with van der Waals surface area (Å²) in [6, 6.07) is 6.01. The Morgan fingerprint density at radius 1 is 1.14 bits per heavy atom. The normalized spacial score (nSPS) is 21.8. The largest absolute Gasteiger partial charge is 0.387 e. The van der Waals surface area contributed by atoms with Crippen molar-refractivity contribution in [3.63, 3.8) is 0 Å². The molecule has 1 fully saturated rings. The van der Waals surface area contributed by atoms with Crippen LogP contribution in [0.3, 0.4) is 0 Å². The fourth-order valence-electron chi connectivity index (χ4n) is 3.60. The molecular formula is C21H27N4O10P. The number of amides is 2. The zero-order valence-electron chi connectivity index (χ0n) is 19.2. The number of anilines is 1. The van der Waals surface area contributed by atoms with E-state index < -0.39 is 55.5 Å². The van der Waals surface area contributed by atoms with Gasteiger partial charge in [-0.2, -0.15) is 0 Å². The summed E-state index contributed by atoms with van der Waals surface area (Å²) >= 11 is 0. The smallest absolute Gasteiger partial charge is 0.330 e. The van der Waals surface area contributed by atoms with Gasteiger partial charge in [-0.3, -0.25) is 28.5 Å². The third-order valence-corrected chi connectivity index (χ3v) is 6.20. The molecule has 0 saturated carbocycles. The molecule has 1 saturated heterocycles. The van der Waals surface area contributed by atoms with E-state index in [4.69, 9.17) is 14.5 Å². The molecule has 15 heteroatoms. The van der Waals surface area contributed by atoms with Crippen molar-refractivity contribution in [2.45, 2.75) is 50.5 Å². The molecule has 36 heavy (non-hydrogen) atoms. The molecule has 0 aliphatic carbocycles. The third kappa shape index (κ3) is 6.97. The summed E-state index contributed by atoms with van der Waals surface area (Å²) in [5.74, 6) is -1.10. The number of nitrogens with zero attached hydrogens (tertiary/aromatic N) is 1. The molecule has 0 radical (unpaired) electrons. The maximum absolute atomic E-state index is 12.4. The molecule has 1 aliphatic rings. The summed E-state index contributed by atoms with van der Waals surface area (Å²) < 4.78 is 17.3. The predicted molar refractivity (Wildman–Crippen MR) is 125 cm³/mol. The van der Waals surface area contributed by atoms with Crippen LogP contribution in [-0.4, -0.2) is 66.2 Å². The molecule has 196 valence electrons. The van der Waals surface area contributed by atoms with E-state index >= 15 is 0 Å². The van der Waals surface area contributed by atoms with Gasteiger partial charge in [0.1, 0.15) is 12.2 Å². The van der Waals surface area contributed by atoms with E-state index in [0.717, 1.165) is 10.8 Å². The molecule has 1 aromatic heterocycles. The minimum atomic E-state index is -4.19. The van der Waals surface area contributed by atoms with Crippen LogP contribution in [0.15, 0.2) is 40.1 Å². The highest BCUT2D eigenvalue weighted by Crippen LogP contribution is 2.39. The highest BCUT2D eigenvalue weighted by molar-refractivity contribution is 7.50. The monoisotopic (exact) mass is 526 g/mol. The van der Waals surface area contributed by atoms with E-state index in [1.165, 1.54) is 31.2 Å². The van der Waals surface area contributed by atoms with Gasteiger partial charge in [0.25, 0.3) is 11.5 Å². The predicted octanol–water partition coefficient (Wildman–Crippen LogP) is -1.32. The molecule has 0 bridgehead atoms. The first-order valence-electron chi connectivity index (χ1n) is 10.9. The van der Waals surface area contributed by atoms with E-state index in [-0.39, 0.29) is 30.9 Å². The van der Waals surface area contributed by atoms with Gasteiger partial charge in [-0.25, -0.2) is 4.79 Å². The summed E-state index contributed by atoms with van der Waals surface area (Å²) in [7, 11) is -4.19. The highest BCUT2D eigenvalue weighted by Gasteiger charge is 2.47. The maximum atomic E-state index is 12.4. The number of carbonyl (C=O) groups is 2. The van der Waals surface area contributed by atoms with Gasteiger partial charge in [-0.15, -0.1) is 0 Å². The number of benzene rings is 1. The van der Waals surface area contributed by atoms with Crippen LogP contribution in [-0.2, 0) is 25.1 Å². The molecule has 0 unspecified atom stereocenters. The first kappa shape index (κ1) is 27.5. The van der Waals surface area contributed by atoms with Crippen molar-refractivity contribution >= 4 is 25.1 Å². The van der Waals surface area contributed by atoms with Crippen LogP contribution in [0, 0.1) is 6.92 Å². The Kier molecular flexibility index (Phi) is 8.61. The number of hydrogen-bond donors (Lipinski definition) is 7. The number of aromatic nitrogens is 2. The van der Waals surface area contributed by atoms with Crippen molar-refractivity contribution in [2.24, 2.45) is 0 Å². The average molecular weight is 526 g/mol. The molecule has 2 heterocycles. The van der Waals surface area contributed by atoms with Crippen molar-refractivity contribution in [1.82, 2.24) is 14.9 Å². The Balaban J connectivity index is 1.46. The Hall–Kier alpha value is -3.13. The molecule has 2 aromatic rings. The summed E-state index contributed by atoms with van der Waals surface area (Å²) in [6.07, 6.45) is -5.08. The quantitative estimate of drug-likeness (QED) is 0.151. The number of aliphatic hydroxyl groups excluding tert-OH is 2. The summed E-state index contributed by atoms with van der Waals surface area (Å²) in [5.41, 5.74) is -0.449. The number of ether oxygens (including phenoxy) is 1. The van der Waals surface area contributed by atoms with Crippen LogP contribution in [0.25, 0.3) is 0 Å². The minimum Gasteiger partial charge on any atom is -0.387 e. The van der Waals surface area contributed by atoms with Crippen molar-refractivity contribution in [3.8, 4) is 0 Å². The molecule has 7 N–H and O–H groups in total. The van der Waals surface area contributed by atoms with Gasteiger partial charge in [0.2, 0.25) is 5.91 Å². The molecule has 1 aromatic carbocycles. The lowest BCUT2D eigenvalue weighted by molar-refractivity contribution is -0.138. The topological polar surface area (TPSA) is 220 Å². The zero-order chi connectivity index (χ0) is 26.6. The lowest BCUT2D eigenvalue weighted by Crippen LogP contribution is -2.43. The van der Waals surface area contributed by atoms with Gasteiger partial charge < -0.3 is 35.4 Å². The second kappa shape index (κ2) is 11.3. The molecule has 14 nitrogen and oxygen atoms in total. The van der Waals surface area contributed by atoms with Crippen molar-refractivity contribution in [1.29, 1.82) is 0 Å². The summed E-state index contributed by atoms with van der Waals surface area (Å²) in [5, 5.41) is 25.6. The second-order valence-electron chi connectivity index (χ2n) is 8.37. The Morgan fingerprint density at radius 3 is 2.44 bits per heavy atom. The van der Waals surface area contributed by atoms with Crippen molar-refractivity contribution < 1.29 is 38.9 Å². The van der Waals surface area contributed by atoms with Gasteiger partial charge in [0, 0.05) is 30.4 Å². The van der Waals surface area contributed by atoms with E-state index in [2.05, 4.69) is 15.6 Å². The van der Waals surface area contributed by atoms with Crippen molar-refractivity contribution in [2.75, 3.05) is 11.9 Å². The minimum absolute atomic E-state index is 0.0376. The van der Waals surface area contributed by atoms with Crippen LogP contribution in [0.5, 0.6) is 0 Å². The molecular weight excluding hydrogens is 499 g/mol. The van der Waals surface area contributed by atoms with Crippen LogP contribution in [0.4, 0.5) is 5.69 Å². The van der Waals surface area contributed by atoms with Gasteiger partial charge in [-0.1, -0.05) is 12.1 Å². The fourth-order valence-corrected chi connectivity index (χ4v) is 4.28. The molecule has 3 rings (SSSR count). The standard InChI is InChI=1S/C21H27N4O10P/c1-11-9-25(21(31)24-18(11)29)20-16(28)15(27)17(35-20)19(30)22-8-2-3-14(26)23-13-6-4-12(5-7-13)10-36(32,33)34/h4-7,9,15-17,20,27-28H,2-3,8,10H2,1H3,(H,22,30)(H,23,26)(H,24,29,31)(H2,32,33,34)/t15-,16-,17-,20+/m0/s1. The molecule has 4 atom stereocenters. The maximum Gasteiger partial charge on any atom is 0.330 e. The number of rotatable bonds is 9. The van der Waals surface area contributed by atoms with E-state index in [1.54, 1.807) is 0 Å².